The number of aryl methyl sites for hydroxylation is 2. The molecule has 0 aliphatic carbocycles. The number of carbonyl (C=O) groups is 1. The molecule has 25 heavy (non-hydrogen) atoms. The van der Waals surface area contributed by atoms with E-state index >= 15 is 0 Å². The second kappa shape index (κ2) is 6.68. The van der Waals surface area contributed by atoms with Crippen molar-refractivity contribution in [2.75, 3.05) is 12.4 Å². The van der Waals surface area contributed by atoms with Crippen molar-refractivity contribution in [2.24, 2.45) is 0 Å². The second-order valence-corrected chi connectivity index (χ2v) is 5.57. The Morgan fingerprint density at radius 2 is 2.20 bits per heavy atom. The molecular weight excluding hydrogens is 324 g/mol. The Bertz CT molecular complexity index is 894. The van der Waals surface area contributed by atoms with Gasteiger partial charge in [-0.25, -0.2) is 0 Å². The van der Waals surface area contributed by atoms with Crippen molar-refractivity contribution < 1.29 is 19.2 Å². The van der Waals surface area contributed by atoms with E-state index in [4.69, 9.17) is 9.26 Å². The van der Waals surface area contributed by atoms with Gasteiger partial charge in [-0.2, -0.15) is 5.10 Å². The van der Waals surface area contributed by atoms with Crippen LogP contribution in [0.5, 0.6) is 11.5 Å². The van der Waals surface area contributed by atoms with Crippen LogP contribution in [0.3, 0.4) is 0 Å². The third-order valence-electron chi connectivity index (χ3n) is 3.84. The van der Waals surface area contributed by atoms with Crippen LogP contribution in [0.2, 0.25) is 0 Å². The number of amides is 1. The standard InChI is InChI=1S/C17H18N4O4/c1-10-15(11(2)25-20-10)9-21-8-12(7-18-21)19-17(23)14-6-13(24-3)4-5-16(14)22/h4-8,22H,9H2,1-3H3,(H,19,23). The number of nitrogens with zero attached hydrogens (tertiary/aromatic N) is 3. The number of carbonyl (C=O) groups excluding carboxylic acids is 1. The number of phenols is 1. The zero-order valence-electron chi connectivity index (χ0n) is 14.1. The summed E-state index contributed by atoms with van der Waals surface area (Å²) in [5, 5.41) is 20.7. The van der Waals surface area contributed by atoms with E-state index < -0.39 is 5.91 Å². The number of aromatic nitrogens is 3. The van der Waals surface area contributed by atoms with Crippen molar-refractivity contribution >= 4 is 11.6 Å². The molecule has 0 fully saturated rings. The molecule has 0 atom stereocenters. The molecule has 0 saturated heterocycles. The Hall–Kier alpha value is -3.29. The number of benzene rings is 1. The maximum Gasteiger partial charge on any atom is 0.259 e. The van der Waals surface area contributed by atoms with E-state index in [0.717, 1.165) is 17.0 Å². The average molecular weight is 342 g/mol. The van der Waals surface area contributed by atoms with Crippen LogP contribution >= 0.6 is 0 Å². The van der Waals surface area contributed by atoms with Crippen molar-refractivity contribution in [2.45, 2.75) is 20.4 Å². The van der Waals surface area contributed by atoms with Crippen LogP contribution in [0.1, 0.15) is 27.4 Å². The van der Waals surface area contributed by atoms with Gasteiger partial charge in [-0.05, 0) is 32.0 Å². The quantitative estimate of drug-likeness (QED) is 0.738. The molecule has 0 radical (unpaired) electrons. The van der Waals surface area contributed by atoms with E-state index in [1.54, 1.807) is 16.9 Å². The fourth-order valence-electron chi connectivity index (χ4n) is 2.43. The normalized spacial score (nSPS) is 10.7. The molecule has 8 nitrogen and oxygen atoms in total. The first-order valence-electron chi connectivity index (χ1n) is 7.60. The van der Waals surface area contributed by atoms with Gasteiger partial charge in [-0.3, -0.25) is 9.48 Å². The number of hydrogen-bond donors (Lipinski definition) is 2. The Labute approximate surface area is 144 Å². The van der Waals surface area contributed by atoms with Crippen LogP contribution in [-0.2, 0) is 6.54 Å². The number of hydrogen-bond acceptors (Lipinski definition) is 6. The SMILES string of the molecule is COc1ccc(O)c(C(=O)Nc2cnn(Cc3c(C)noc3C)c2)c1. The molecule has 3 rings (SSSR count). The molecule has 2 N–H and O–H groups in total. The van der Waals surface area contributed by atoms with Gasteiger partial charge in [-0.15, -0.1) is 0 Å². The van der Waals surface area contributed by atoms with Crippen LogP contribution in [-0.4, -0.2) is 33.1 Å². The maximum atomic E-state index is 12.3. The lowest BCUT2D eigenvalue weighted by atomic mass is 10.1. The van der Waals surface area contributed by atoms with E-state index in [9.17, 15) is 9.90 Å². The number of aromatic hydroxyl groups is 1. The summed E-state index contributed by atoms with van der Waals surface area (Å²) >= 11 is 0. The maximum absolute atomic E-state index is 12.3. The molecule has 2 aromatic heterocycles. The van der Waals surface area contributed by atoms with Crippen LogP contribution in [0, 0.1) is 13.8 Å². The number of methoxy groups -OCH3 is 1. The summed E-state index contributed by atoms with van der Waals surface area (Å²) in [5.74, 6) is 0.645. The monoisotopic (exact) mass is 342 g/mol. The Morgan fingerprint density at radius 3 is 2.88 bits per heavy atom. The molecule has 0 aliphatic heterocycles. The molecule has 130 valence electrons. The van der Waals surface area contributed by atoms with E-state index in [2.05, 4.69) is 15.6 Å². The van der Waals surface area contributed by atoms with Crippen LogP contribution in [0.4, 0.5) is 5.69 Å². The minimum Gasteiger partial charge on any atom is -0.507 e. The van der Waals surface area contributed by atoms with Crippen molar-refractivity contribution in [1.29, 1.82) is 0 Å². The average Bonchev–Trinajstić information content (AvgIpc) is 3.16. The summed E-state index contributed by atoms with van der Waals surface area (Å²) in [6.45, 7) is 4.19. The molecule has 2 heterocycles. The first-order valence-corrected chi connectivity index (χ1v) is 7.60. The number of anilines is 1. The van der Waals surface area contributed by atoms with Crippen molar-refractivity contribution in [3.8, 4) is 11.5 Å². The van der Waals surface area contributed by atoms with Crippen LogP contribution in [0.25, 0.3) is 0 Å². The molecule has 0 aliphatic rings. The topological polar surface area (TPSA) is 102 Å². The fraction of sp³-hybridized carbons (Fsp3) is 0.235. The van der Waals surface area contributed by atoms with Crippen molar-refractivity contribution in [3.05, 3.63) is 53.2 Å². The Kier molecular flexibility index (Phi) is 4.42. The van der Waals surface area contributed by atoms with Gasteiger partial charge < -0.3 is 19.7 Å². The molecule has 3 aromatic rings. The zero-order valence-corrected chi connectivity index (χ0v) is 14.1. The number of rotatable bonds is 5. The lowest BCUT2D eigenvalue weighted by molar-refractivity contribution is 0.102. The summed E-state index contributed by atoms with van der Waals surface area (Å²) in [7, 11) is 1.49. The third-order valence-corrected chi connectivity index (χ3v) is 3.84. The van der Waals surface area contributed by atoms with Gasteiger partial charge in [0.05, 0.1) is 36.8 Å². The molecular formula is C17H18N4O4. The van der Waals surface area contributed by atoms with Gasteiger partial charge >= 0.3 is 0 Å². The van der Waals surface area contributed by atoms with E-state index in [1.807, 2.05) is 13.8 Å². The summed E-state index contributed by atoms with van der Waals surface area (Å²) in [4.78, 5) is 12.3. The summed E-state index contributed by atoms with van der Waals surface area (Å²) in [5.41, 5.74) is 2.39. The van der Waals surface area contributed by atoms with Gasteiger partial charge in [0, 0.05) is 11.8 Å². The summed E-state index contributed by atoms with van der Waals surface area (Å²) < 4.78 is 11.9. The third kappa shape index (κ3) is 3.47. The second-order valence-electron chi connectivity index (χ2n) is 5.57. The largest absolute Gasteiger partial charge is 0.507 e. The molecule has 1 amide bonds. The zero-order chi connectivity index (χ0) is 18.0. The lowest BCUT2D eigenvalue weighted by Crippen LogP contribution is -2.12. The molecule has 0 bridgehead atoms. The van der Waals surface area contributed by atoms with Crippen LogP contribution < -0.4 is 10.1 Å². The van der Waals surface area contributed by atoms with Gasteiger partial charge in [-0.1, -0.05) is 5.16 Å². The van der Waals surface area contributed by atoms with Gasteiger partial charge in [0.25, 0.3) is 5.91 Å². The lowest BCUT2D eigenvalue weighted by Gasteiger charge is -2.07. The fourth-order valence-corrected chi connectivity index (χ4v) is 2.43. The highest BCUT2D eigenvalue weighted by Gasteiger charge is 2.15. The highest BCUT2D eigenvalue weighted by atomic mass is 16.5. The number of nitrogens with one attached hydrogen (secondary N) is 1. The van der Waals surface area contributed by atoms with Crippen molar-refractivity contribution in [1.82, 2.24) is 14.9 Å². The number of phenolic OH excluding ortho intramolecular Hbond substituents is 1. The first-order chi connectivity index (χ1) is 12.0. The highest BCUT2D eigenvalue weighted by Crippen LogP contribution is 2.24. The highest BCUT2D eigenvalue weighted by molar-refractivity contribution is 6.06. The van der Waals surface area contributed by atoms with E-state index in [1.165, 1.54) is 25.4 Å². The van der Waals surface area contributed by atoms with Gasteiger partial charge in [0.15, 0.2) is 0 Å². The summed E-state index contributed by atoms with van der Waals surface area (Å²) in [6.07, 6.45) is 3.23. The van der Waals surface area contributed by atoms with Crippen LogP contribution in [0.15, 0.2) is 35.1 Å². The molecule has 1 aromatic carbocycles. The molecule has 0 spiro atoms. The van der Waals surface area contributed by atoms with Gasteiger partial charge in [0.1, 0.15) is 17.3 Å². The smallest absolute Gasteiger partial charge is 0.259 e. The predicted molar refractivity (Wildman–Crippen MR) is 89.9 cm³/mol. The minimum absolute atomic E-state index is 0.123. The molecule has 8 heteroatoms. The molecule has 0 saturated carbocycles. The van der Waals surface area contributed by atoms with Gasteiger partial charge in [0.2, 0.25) is 0 Å². The van der Waals surface area contributed by atoms with E-state index in [0.29, 0.717) is 18.0 Å². The Balaban J connectivity index is 1.74. The predicted octanol–water partition coefficient (Wildman–Crippen LogP) is 2.50. The van der Waals surface area contributed by atoms with Crippen molar-refractivity contribution in [3.63, 3.8) is 0 Å². The number of ether oxygens (including phenoxy) is 1. The molecule has 0 unspecified atom stereocenters. The Morgan fingerprint density at radius 1 is 1.40 bits per heavy atom. The summed E-state index contributed by atoms with van der Waals surface area (Å²) in [6, 6.07) is 4.46. The van der Waals surface area contributed by atoms with E-state index in [-0.39, 0.29) is 11.3 Å². The minimum atomic E-state index is -0.451. The first kappa shape index (κ1) is 16.6.